The molecule has 0 spiro atoms. The van der Waals surface area contributed by atoms with Crippen LogP contribution in [0.3, 0.4) is 0 Å². The van der Waals surface area contributed by atoms with Gasteiger partial charge in [-0.05, 0) is 50.8 Å². The molecule has 0 saturated carbocycles. The third-order valence-corrected chi connectivity index (χ3v) is 4.09. The average Bonchev–Trinajstić information content (AvgIpc) is 3.11. The van der Waals surface area contributed by atoms with Crippen LogP contribution < -0.4 is 4.90 Å². The number of aryl methyl sites for hydroxylation is 2. The molecule has 6 heteroatoms. The number of carbonyl (C=O) groups is 1. The van der Waals surface area contributed by atoms with Gasteiger partial charge in [0.2, 0.25) is 0 Å². The predicted molar refractivity (Wildman–Crippen MR) is 103 cm³/mol. The molecule has 0 amide bonds. The zero-order chi connectivity index (χ0) is 19.1. The molecule has 0 N–H and O–H groups in total. The average molecular weight is 356 g/mol. The van der Waals surface area contributed by atoms with Crippen LogP contribution in [-0.4, -0.2) is 41.1 Å². The number of carbonyl (C=O) groups excluding carboxylic acids is 1. The van der Waals surface area contributed by atoms with E-state index in [0.29, 0.717) is 12.4 Å². The van der Waals surface area contributed by atoms with Gasteiger partial charge in [-0.25, -0.2) is 9.97 Å². The minimum Gasteiger partial charge on any atom is -0.465 e. The molecule has 1 aliphatic rings. The van der Waals surface area contributed by atoms with Gasteiger partial charge in [0.15, 0.2) is 5.82 Å². The first-order valence-electron chi connectivity index (χ1n) is 9.28. The summed E-state index contributed by atoms with van der Waals surface area (Å²) in [6, 6.07) is 3.93. The molecule has 26 heavy (non-hydrogen) atoms. The summed E-state index contributed by atoms with van der Waals surface area (Å²) in [7, 11) is 1.87. The van der Waals surface area contributed by atoms with Crippen molar-refractivity contribution in [3.05, 3.63) is 35.2 Å². The maximum Gasteiger partial charge on any atom is 0.325 e. The Bertz CT molecular complexity index is 761. The number of pyridine rings is 1. The zero-order valence-corrected chi connectivity index (χ0v) is 16.4. The zero-order valence-electron chi connectivity index (χ0n) is 16.4. The van der Waals surface area contributed by atoms with Crippen LogP contribution >= 0.6 is 0 Å². The van der Waals surface area contributed by atoms with Crippen LogP contribution in [0.4, 0.5) is 5.82 Å². The Hall–Kier alpha value is -2.50. The Kier molecular flexibility index (Phi) is 7.06. The SMILES string of the molecule is CC.CCOC(=O)CN(C)c1nc(-c2cc(C)ccn2)nc2c1CCC2. The second-order valence-electron chi connectivity index (χ2n) is 6.03. The fraction of sp³-hybridized carbons (Fsp3) is 0.500. The van der Waals surface area contributed by atoms with Gasteiger partial charge in [0, 0.05) is 24.5 Å². The van der Waals surface area contributed by atoms with E-state index in [1.165, 1.54) is 0 Å². The maximum atomic E-state index is 11.8. The first-order chi connectivity index (χ1) is 12.6. The highest BCUT2D eigenvalue weighted by Crippen LogP contribution is 2.30. The molecule has 0 aromatic carbocycles. The molecule has 0 fully saturated rings. The monoisotopic (exact) mass is 356 g/mol. The van der Waals surface area contributed by atoms with E-state index >= 15 is 0 Å². The predicted octanol–water partition coefficient (Wildman–Crippen LogP) is 3.36. The van der Waals surface area contributed by atoms with Crippen molar-refractivity contribution >= 4 is 11.8 Å². The molecule has 0 saturated heterocycles. The number of aromatic nitrogens is 3. The molecule has 0 radical (unpaired) electrons. The Morgan fingerprint density at radius 2 is 2.04 bits per heavy atom. The van der Waals surface area contributed by atoms with E-state index in [4.69, 9.17) is 14.7 Å². The summed E-state index contributed by atoms with van der Waals surface area (Å²) in [5.74, 6) is 1.18. The van der Waals surface area contributed by atoms with E-state index in [9.17, 15) is 4.79 Å². The maximum absolute atomic E-state index is 11.8. The molecule has 0 aliphatic heterocycles. The molecule has 140 valence electrons. The van der Waals surface area contributed by atoms with Crippen LogP contribution in [0.25, 0.3) is 11.5 Å². The lowest BCUT2D eigenvalue weighted by Crippen LogP contribution is -2.29. The number of fused-ring (bicyclic) bond motifs is 1. The molecule has 2 aromatic heterocycles. The van der Waals surface area contributed by atoms with Crippen LogP contribution in [0.1, 0.15) is 44.0 Å². The van der Waals surface area contributed by atoms with Gasteiger partial charge < -0.3 is 9.64 Å². The van der Waals surface area contributed by atoms with Crippen molar-refractivity contribution in [2.75, 3.05) is 25.1 Å². The van der Waals surface area contributed by atoms with Gasteiger partial charge in [-0.3, -0.25) is 9.78 Å². The molecule has 2 aromatic rings. The summed E-state index contributed by atoms with van der Waals surface area (Å²) in [6.07, 6.45) is 4.72. The summed E-state index contributed by atoms with van der Waals surface area (Å²) >= 11 is 0. The second-order valence-corrected chi connectivity index (χ2v) is 6.03. The van der Waals surface area contributed by atoms with Crippen molar-refractivity contribution in [1.29, 1.82) is 0 Å². The fourth-order valence-electron chi connectivity index (χ4n) is 2.98. The first-order valence-corrected chi connectivity index (χ1v) is 9.28. The number of rotatable bonds is 5. The summed E-state index contributed by atoms with van der Waals surface area (Å²) in [4.78, 5) is 27.5. The lowest BCUT2D eigenvalue weighted by Gasteiger charge is -2.20. The summed E-state index contributed by atoms with van der Waals surface area (Å²) in [5, 5.41) is 0. The molecule has 6 nitrogen and oxygen atoms in total. The topological polar surface area (TPSA) is 68.2 Å². The Morgan fingerprint density at radius 1 is 1.27 bits per heavy atom. The fourth-order valence-corrected chi connectivity index (χ4v) is 2.98. The lowest BCUT2D eigenvalue weighted by molar-refractivity contribution is -0.141. The van der Waals surface area contributed by atoms with Crippen molar-refractivity contribution in [2.45, 2.75) is 47.0 Å². The van der Waals surface area contributed by atoms with Crippen LogP contribution in [-0.2, 0) is 22.4 Å². The smallest absolute Gasteiger partial charge is 0.325 e. The van der Waals surface area contributed by atoms with E-state index in [1.54, 1.807) is 6.20 Å². The number of nitrogens with zero attached hydrogens (tertiary/aromatic N) is 4. The van der Waals surface area contributed by atoms with Crippen molar-refractivity contribution < 1.29 is 9.53 Å². The van der Waals surface area contributed by atoms with Crippen molar-refractivity contribution in [3.8, 4) is 11.5 Å². The Morgan fingerprint density at radius 3 is 2.73 bits per heavy atom. The number of ether oxygens (including phenoxy) is 1. The van der Waals surface area contributed by atoms with Crippen LogP contribution in [0.5, 0.6) is 0 Å². The number of anilines is 1. The first kappa shape index (κ1) is 19.8. The molecule has 0 atom stereocenters. The minimum atomic E-state index is -0.249. The molecule has 3 rings (SSSR count). The summed E-state index contributed by atoms with van der Waals surface area (Å²) in [6.45, 7) is 8.39. The van der Waals surface area contributed by atoms with E-state index in [2.05, 4.69) is 4.98 Å². The molecular weight excluding hydrogens is 328 g/mol. The number of hydrogen-bond donors (Lipinski definition) is 0. The Labute approximate surface area is 155 Å². The second kappa shape index (κ2) is 9.27. The summed E-state index contributed by atoms with van der Waals surface area (Å²) in [5.41, 5.74) is 4.08. The molecule has 0 unspecified atom stereocenters. The molecule has 2 heterocycles. The number of likely N-dealkylation sites (N-methyl/N-ethyl adjacent to an activating group) is 1. The van der Waals surface area contributed by atoms with Crippen LogP contribution in [0.2, 0.25) is 0 Å². The standard InChI is InChI=1S/C18H22N4O2.C2H6/c1-4-24-16(23)11-22(3)18-13-6-5-7-14(13)20-17(21-18)15-10-12(2)8-9-19-15;1-2/h8-10H,4-7,11H2,1-3H3;1-2H3. The van der Waals surface area contributed by atoms with Gasteiger partial charge in [-0.2, -0.15) is 0 Å². The van der Waals surface area contributed by atoms with Gasteiger partial charge in [-0.15, -0.1) is 0 Å². The minimum absolute atomic E-state index is 0.179. The van der Waals surface area contributed by atoms with Gasteiger partial charge in [0.1, 0.15) is 18.1 Å². The van der Waals surface area contributed by atoms with E-state index < -0.39 is 0 Å². The summed E-state index contributed by atoms with van der Waals surface area (Å²) < 4.78 is 5.05. The molecule has 0 bridgehead atoms. The third-order valence-electron chi connectivity index (χ3n) is 4.09. The Balaban J connectivity index is 0.00000117. The van der Waals surface area contributed by atoms with Crippen molar-refractivity contribution in [2.24, 2.45) is 0 Å². The molecule has 1 aliphatic carbocycles. The van der Waals surface area contributed by atoms with Gasteiger partial charge in [0.25, 0.3) is 0 Å². The van der Waals surface area contributed by atoms with Gasteiger partial charge in [-0.1, -0.05) is 13.8 Å². The lowest BCUT2D eigenvalue weighted by atomic mass is 10.2. The highest BCUT2D eigenvalue weighted by Gasteiger charge is 2.23. The van der Waals surface area contributed by atoms with Crippen molar-refractivity contribution in [1.82, 2.24) is 15.0 Å². The van der Waals surface area contributed by atoms with Crippen LogP contribution in [0.15, 0.2) is 18.3 Å². The van der Waals surface area contributed by atoms with E-state index in [0.717, 1.165) is 47.6 Å². The third kappa shape index (κ3) is 4.56. The highest BCUT2D eigenvalue weighted by atomic mass is 16.5. The number of hydrogen-bond acceptors (Lipinski definition) is 6. The highest BCUT2D eigenvalue weighted by molar-refractivity contribution is 5.76. The van der Waals surface area contributed by atoms with Gasteiger partial charge >= 0.3 is 5.97 Å². The van der Waals surface area contributed by atoms with Crippen LogP contribution in [0, 0.1) is 6.92 Å². The number of esters is 1. The molecular formula is C20H28N4O2. The largest absolute Gasteiger partial charge is 0.465 e. The van der Waals surface area contributed by atoms with Crippen molar-refractivity contribution in [3.63, 3.8) is 0 Å². The van der Waals surface area contributed by atoms with Gasteiger partial charge in [0.05, 0.1) is 6.61 Å². The normalized spacial score (nSPS) is 12.0. The van der Waals surface area contributed by atoms with E-state index in [-0.39, 0.29) is 12.5 Å². The quantitative estimate of drug-likeness (QED) is 0.765. The van der Waals surface area contributed by atoms with E-state index in [1.807, 2.05) is 51.8 Å².